The minimum atomic E-state index is -0.555. The van der Waals surface area contributed by atoms with Crippen LogP contribution >= 0.6 is 22.9 Å². The van der Waals surface area contributed by atoms with Crippen LogP contribution < -0.4 is 5.32 Å². The van der Waals surface area contributed by atoms with Crippen molar-refractivity contribution >= 4 is 34.0 Å². The van der Waals surface area contributed by atoms with E-state index >= 15 is 0 Å². The van der Waals surface area contributed by atoms with Gasteiger partial charge in [0.25, 0.3) is 5.89 Å². The number of carbonyl (C=O) groups is 1. The van der Waals surface area contributed by atoms with Gasteiger partial charge in [-0.2, -0.15) is 4.98 Å². The van der Waals surface area contributed by atoms with Crippen LogP contribution in [0.4, 0.5) is 5.13 Å². The van der Waals surface area contributed by atoms with Gasteiger partial charge in [0.2, 0.25) is 5.82 Å². The van der Waals surface area contributed by atoms with Crippen molar-refractivity contribution in [3.8, 4) is 11.4 Å². The highest BCUT2D eigenvalue weighted by molar-refractivity contribution is 7.13. The highest BCUT2D eigenvalue weighted by Crippen LogP contribution is 2.20. The molecule has 4 aromatic rings. The fourth-order valence-electron chi connectivity index (χ4n) is 2.45. The van der Waals surface area contributed by atoms with Gasteiger partial charge in [-0.3, -0.25) is 0 Å². The van der Waals surface area contributed by atoms with E-state index in [1.165, 1.54) is 11.3 Å². The van der Waals surface area contributed by atoms with Gasteiger partial charge < -0.3 is 14.6 Å². The third-order valence-electron chi connectivity index (χ3n) is 3.90. The highest BCUT2D eigenvalue weighted by Gasteiger charge is 2.15. The zero-order valence-electron chi connectivity index (χ0n) is 15.0. The fraction of sp³-hybridized carbons (Fsp3) is 0.100. The van der Waals surface area contributed by atoms with Crippen LogP contribution in [-0.4, -0.2) is 21.1 Å². The van der Waals surface area contributed by atoms with E-state index in [1.807, 2.05) is 30.3 Å². The van der Waals surface area contributed by atoms with Gasteiger partial charge in [0.15, 0.2) is 17.4 Å². The summed E-state index contributed by atoms with van der Waals surface area (Å²) in [6.45, 7) is 0.488. The van der Waals surface area contributed by atoms with Crippen LogP contribution in [0.15, 0.2) is 64.5 Å². The summed E-state index contributed by atoms with van der Waals surface area (Å²) < 4.78 is 10.3. The number of ether oxygens (including phenoxy) is 1. The second kappa shape index (κ2) is 8.85. The van der Waals surface area contributed by atoms with E-state index in [9.17, 15) is 4.79 Å². The van der Waals surface area contributed by atoms with Crippen LogP contribution in [0.2, 0.25) is 5.02 Å². The van der Waals surface area contributed by atoms with E-state index in [0.29, 0.717) is 22.5 Å². The molecular weight excluding hydrogens is 412 g/mol. The monoisotopic (exact) mass is 426 g/mol. The van der Waals surface area contributed by atoms with Crippen molar-refractivity contribution in [2.75, 3.05) is 5.32 Å². The molecule has 0 radical (unpaired) electrons. The number of rotatable bonds is 7. The minimum absolute atomic E-state index is 0.135. The lowest BCUT2D eigenvalue weighted by molar-refractivity contribution is 0.0424. The Balaban J connectivity index is 1.31. The van der Waals surface area contributed by atoms with Crippen molar-refractivity contribution in [3.63, 3.8) is 0 Å². The highest BCUT2D eigenvalue weighted by atomic mass is 35.5. The lowest BCUT2D eigenvalue weighted by Crippen LogP contribution is -2.06. The van der Waals surface area contributed by atoms with E-state index in [4.69, 9.17) is 20.9 Å². The molecule has 1 N–H and O–H groups in total. The number of esters is 1. The van der Waals surface area contributed by atoms with Crippen molar-refractivity contribution < 1.29 is 14.1 Å². The van der Waals surface area contributed by atoms with Gasteiger partial charge in [0, 0.05) is 22.5 Å². The van der Waals surface area contributed by atoms with Crippen molar-refractivity contribution in [3.05, 3.63) is 82.1 Å². The molecule has 0 saturated carbocycles. The summed E-state index contributed by atoms with van der Waals surface area (Å²) in [5.74, 6) is 0.0370. The number of hydrogen-bond acceptors (Lipinski definition) is 8. The Hall–Kier alpha value is -3.23. The van der Waals surface area contributed by atoms with Crippen LogP contribution in [-0.2, 0) is 17.9 Å². The van der Waals surface area contributed by atoms with Crippen molar-refractivity contribution in [2.45, 2.75) is 13.2 Å². The number of aromatic nitrogens is 3. The summed E-state index contributed by atoms with van der Waals surface area (Å²) in [6.07, 6.45) is 0. The number of nitrogens with zero attached hydrogens (tertiary/aromatic N) is 3. The van der Waals surface area contributed by atoms with E-state index in [0.717, 1.165) is 11.1 Å². The molecule has 0 atom stereocenters. The fourth-order valence-corrected chi connectivity index (χ4v) is 3.26. The van der Waals surface area contributed by atoms with Crippen molar-refractivity contribution in [1.82, 2.24) is 15.1 Å². The second-order valence-electron chi connectivity index (χ2n) is 5.97. The summed E-state index contributed by atoms with van der Waals surface area (Å²) in [6, 6.07) is 17.0. The molecule has 9 heteroatoms. The van der Waals surface area contributed by atoms with Crippen LogP contribution in [0.3, 0.4) is 0 Å². The van der Waals surface area contributed by atoms with Crippen LogP contribution in [0.5, 0.6) is 0 Å². The summed E-state index contributed by atoms with van der Waals surface area (Å²) in [5.41, 5.74) is 2.10. The molecule has 0 unspecified atom stereocenters. The maximum absolute atomic E-state index is 12.2. The number of carbonyl (C=O) groups excluding carboxylic acids is 1. The molecule has 0 spiro atoms. The number of hydrogen-bond donors (Lipinski definition) is 1. The third kappa shape index (κ3) is 4.98. The first kappa shape index (κ1) is 19.1. The molecule has 2 aromatic carbocycles. The molecule has 0 aliphatic heterocycles. The molecule has 2 aromatic heterocycles. The van der Waals surface area contributed by atoms with E-state index in [1.54, 1.807) is 29.6 Å². The lowest BCUT2D eigenvalue weighted by Gasteiger charge is -2.02. The lowest BCUT2D eigenvalue weighted by atomic mass is 10.2. The number of anilines is 1. The molecule has 0 saturated heterocycles. The molecule has 7 nitrogen and oxygen atoms in total. The molecule has 0 fully saturated rings. The van der Waals surface area contributed by atoms with Gasteiger partial charge in [0.05, 0.1) is 0 Å². The van der Waals surface area contributed by atoms with Gasteiger partial charge in [0.1, 0.15) is 0 Å². The van der Waals surface area contributed by atoms with Gasteiger partial charge in [-0.1, -0.05) is 47.1 Å². The van der Waals surface area contributed by atoms with Crippen LogP contribution in [0.25, 0.3) is 11.4 Å². The first-order chi connectivity index (χ1) is 14.2. The molecule has 0 bridgehead atoms. The van der Waals surface area contributed by atoms with Crippen LogP contribution in [0.1, 0.15) is 21.9 Å². The van der Waals surface area contributed by atoms with Crippen molar-refractivity contribution in [1.29, 1.82) is 0 Å². The average Bonchev–Trinajstić information content (AvgIpc) is 3.42. The minimum Gasteiger partial charge on any atom is -0.451 e. The van der Waals surface area contributed by atoms with E-state index in [-0.39, 0.29) is 18.2 Å². The number of nitrogens with one attached hydrogen (secondary N) is 1. The second-order valence-corrected chi connectivity index (χ2v) is 7.27. The maximum atomic E-state index is 12.2. The van der Waals surface area contributed by atoms with Crippen LogP contribution in [0, 0.1) is 0 Å². The van der Waals surface area contributed by atoms with Crippen molar-refractivity contribution in [2.24, 2.45) is 0 Å². The average molecular weight is 427 g/mol. The quantitative estimate of drug-likeness (QED) is 0.424. The molecule has 0 amide bonds. The number of halogens is 1. The molecule has 2 heterocycles. The normalized spacial score (nSPS) is 10.7. The summed E-state index contributed by atoms with van der Waals surface area (Å²) in [5, 5.41) is 9.97. The topological polar surface area (TPSA) is 90.1 Å². The summed E-state index contributed by atoms with van der Waals surface area (Å²) in [7, 11) is 0. The zero-order valence-corrected chi connectivity index (χ0v) is 16.6. The van der Waals surface area contributed by atoms with E-state index < -0.39 is 5.97 Å². The van der Waals surface area contributed by atoms with Gasteiger partial charge in [-0.25, -0.2) is 9.78 Å². The zero-order chi connectivity index (χ0) is 20.1. The number of benzene rings is 2. The molecule has 0 aliphatic carbocycles. The Morgan fingerprint density at radius 1 is 1.10 bits per heavy atom. The Bertz CT molecular complexity index is 1100. The molecule has 4 rings (SSSR count). The standard InChI is InChI=1S/C20H15ClN4O3S/c21-15-8-6-14(7-9-15)18-24-17(28-25-18)11-27-19(26)16-12-29-20(23-16)22-10-13-4-2-1-3-5-13/h1-9,12H,10-11H2,(H,22,23). The number of thiazole rings is 1. The first-order valence-corrected chi connectivity index (χ1v) is 9.92. The predicted octanol–water partition coefficient (Wildman–Crippen LogP) is 4.82. The maximum Gasteiger partial charge on any atom is 0.358 e. The molecule has 146 valence electrons. The summed E-state index contributed by atoms with van der Waals surface area (Å²) in [4.78, 5) is 20.7. The van der Waals surface area contributed by atoms with Gasteiger partial charge >= 0.3 is 5.97 Å². The van der Waals surface area contributed by atoms with Gasteiger partial charge in [-0.15, -0.1) is 11.3 Å². The van der Waals surface area contributed by atoms with Gasteiger partial charge in [-0.05, 0) is 29.8 Å². The SMILES string of the molecule is O=C(OCc1nc(-c2ccc(Cl)cc2)no1)c1csc(NCc2ccccc2)n1. The Labute approximate surface area is 175 Å². The molecular formula is C20H15ClN4O3S. The predicted molar refractivity (Wildman–Crippen MR) is 110 cm³/mol. The smallest absolute Gasteiger partial charge is 0.358 e. The molecule has 29 heavy (non-hydrogen) atoms. The van der Waals surface area contributed by atoms with E-state index in [2.05, 4.69) is 20.4 Å². The largest absolute Gasteiger partial charge is 0.451 e. The first-order valence-electron chi connectivity index (χ1n) is 8.66. The molecule has 0 aliphatic rings. The summed E-state index contributed by atoms with van der Waals surface area (Å²) >= 11 is 7.20. The Kier molecular flexibility index (Phi) is 5.83. The Morgan fingerprint density at radius 3 is 2.69 bits per heavy atom. The Morgan fingerprint density at radius 2 is 1.90 bits per heavy atom. The third-order valence-corrected chi connectivity index (χ3v) is 4.95.